The highest BCUT2D eigenvalue weighted by Crippen LogP contribution is 2.32. The number of aryl methyl sites for hydroxylation is 1. The molecule has 3 heterocycles. The van der Waals surface area contributed by atoms with Gasteiger partial charge in [-0.05, 0) is 56.3 Å². The van der Waals surface area contributed by atoms with Gasteiger partial charge in [0.2, 0.25) is 0 Å². The minimum atomic E-state index is 0.386. The van der Waals surface area contributed by atoms with E-state index in [0.29, 0.717) is 12.1 Å². The van der Waals surface area contributed by atoms with Crippen molar-refractivity contribution in [1.82, 2.24) is 4.90 Å². The minimum Gasteiger partial charge on any atom is -0.326 e. The molecule has 2 heteroatoms. The molecule has 0 radical (unpaired) electrons. The van der Waals surface area contributed by atoms with Crippen molar-refractivity contribution in [3.8, 4) is 0 Å². The van der Waals surface area contributed by atoms with Gasteiger partial charge in [-0.3, -0.25) is 4.90 Å². The van der Waals surface area contributed by atoms with Gasteiger partial charge in [-0.2, -0.15) is 0 Å². The van der Waals surface area contributed by atoms with Gasteiger partial charge in [0, 0.05) is 12.1 Å². The molecule has 0 spiro atoms. The lowest BCUT2D eigenvalue weighted by atomic mass is 9.77. The molecule has 92 valence electrons. The number of hydrogen-bond donors (Lipinski definition) is 1. The van der Waals surface area contributed by atoms with Gasteiger partial charge < -0.3 is 5.73 Å². The van der Waals surface area contributed by atoms with Crippen molar-refractivity contribution in [2.24, 2.45) is 11.7 Å². The summed E-state index contributed by atoms with van der Waals surface area (Å²) in [5.74, 6) is 0.772. The Morgan fingerprint density at radius 3 is 2.59 bits per heavy atom. The van der Waals surface area contributed by atoms with Crippen LogP contribution in [0.4, 0.5) is 0 Å². The molecule has 3 saturated heterocycles. The van der Waals surface area contributed by atoms with Gasteiger partial charge in [-0.1, -0.05) is 24.3 Å². The smallest absolute Gasteiger partial charge is 0.0290 e. The van der Waals surface area contributed by atoms with Gasteiger partial charge in [0.1, 0.15) is 0 Å². The van der Waals surface area contributed by atoms with Crippen LogP contribution in [0.1, 0.15) is 24.0 Å². The van der Waals surface area contributed by atoms with E-state index in [9.17, 15) is 0 Å². The molecule has 3 aliphatic heterocycles. The average molecular weight is 230 g/mol. The molecule has 0 saturated carbocycles. The molecule has 0 aromatic heterocycles. The summed E-state index contributed by atoms with van der Waals surface area (Å²) in [5, 5.41) is 0. The molecule has 2 bridgehead atoms. The molecule has 2 nitrogen and oxygen atoms in total. The number of rotatable bonds is 2. The number of fused-ring (bicyclic) bond motifs is 3. The van der Waals surface area contributed by atoms with Crippen LogP contribution >= 0.6 is 0 Å². The van der Waals surface area contributed by atoms with Crippen LogP contribution in [-0.2, 0) is 6.42 Å². The lowest BCUT2D eigenvalue weighted by Gasteiger charge is -2.50. The zero-order valence-corrected chi connectivity index (χ0v) is 10.6. The molecule has 0 amide bonds. The van der Waals surface area contributed by atoms with Crippen LogP contribution in [-0.4, -0.2) is 30.1 Å². The molecule has 17 heavy (non-hydrogen) atoms. The first-order valence-electron chi connectivity index (χ1n) is 6.80. The highest BCUT2D eigenvalue weighted by molar-refractivity contribution is 5.27. The number of nitrogens with zero attached hydrogens (tertiary/aromatic N) is 1. The van der Waals surface area contributed by atoms with E-state index in [1.165, 1.54) is 37.1 Å². The largest absolute Gasteiger partial charge is 0.326 e. The van der Waals surface area contributed by atoms with E-state index < -0.39 is 0 Å². The average Bonchev–Trinajstić information content (AvgIpc) is 2.36. The summed E-state index contributed by atoms with van der Waals surface area (Å²) < 4.78 is 0. The minimum absolute atomic E-state index is 0.386. The molecule has 4 rings (SSSR count). The predicted octanol–water partition coefficient (Wildman–Crippen LogP) is 1.96. The second kappa shape index (κ2) is 4.43. The van der Waals surface area contributed by atoms with E-state index in [1.54, 1.807) is 0 Å². The van der Waals surface area contributed by atoms with Crippen molar-refractivity contribution in [2.75, 3.05) is 13.1 Å². The Morgan fingerprint density at radius 1 is 1.24 bits per heavy atom. The molecule has 0 unspecified atom stereocenters. The van der Waals surface area contributed by atoms with Gasteiger partial charge in [-0.15, -0.1) is 0 Å². The topological polar surface area (TPSA) is 29.3 Å². The third-order valence-corrected chi connectivity index (χ3v) is 4.72. The monoisotopic (exact) mass is 230 g/mol. The van der Waals surface area contributed by atoms with Crippen LogP contribution < -0.4 is 5.73 Å². The first-order valence-corrected chi connectivity index (χ1v) is 6.80. The van der Waals surface area contributed by atoms with Gasteiger partial charge in [0.15, 0.2) is 0 Å². The highest BCUT2D eigenvalue weighted by Gasteiger charge is 2.39. The fourth-order valence-electron chi connectivity index (χ4n) is 3.52. The number of nitrogens with two attached hydrogens (primary N) is 1. The standard InChI is InChI=1S/C15H22N2/c1-11-4-2-3-5-13(11)10-14-15(16)12-6-8-17(14)9-7-12/h2-5,12,14-15H,6-10,16H2,1H3/t14-,15+/m1/s1. The van der Waals surface area contributed by atoms with Crippen LogP contribution in [0.5, 0.6) is 0 Å². The molecule has 2 atom stereocenters. The third kappa shape index (κ3) is 2.00. The van der Waals surface area contributed by atoms with Crippen molar-refractivity contribution in [3.63, 3.8) is 0 Å². The lowest BCUT2D eigenvalue weighted by Crippen LogP contribution is -2.61. The highest BCUT2D eigenvalue weighted by atomic mass is 15.2. The normalized spacial score (nSPS) is 36.1. The molecule has 1 aromatic rings. The summed E-state index contributed by atoms with van der Waals surface area (Å²) in [5.41, 5.74) is 9.30. The Hall–Kier alpha value is -0.860. The summed E-state index contributed by atoms with van der Waals surface area (Å²) in [6.07, 6.45) is 3.75. The zero-order valence-electron chi connectivity index (χ0n) is 10.6. The fraction of sp³-hybridized carbons (Fsp3) is 0.600. The van der Waals surface area contributed by atoms with E-state index >= 15 is 0 Å². The zero-order chi connectivity index (χ0) is 11.8. The van der Waals surface area contributed by atoms with Gasteiger partial charge in [0.05, 0.1) is 0 Å². The van der Waals surface area contributed by atoms with Crippen molar-refractivity contribution in [2.45, 2.75) is 38.3 Å². The van der Waals surface area contributed by atoms with E-state index in [2.05, 4.69) is 36.1 Å². The Labute approximate surface area is 104 Å². The summed E-state index contributed by atoms with van der Waals surface area (Å²) >= 11 is 0. The maximum Gasteiger partial charge on any atom is 0.0290 e. The Balaban J connectivity index is 1.79. The quantitative estimate of drug-likeness (QED) is 0.841. The number of piperidine rings is 3. The fourth-order valence-corrected chi connectivity index (χ4v) is 3.52. The molecular formula is C15H22N2. The Kier molecular flexibility index (Phi) is 2.93. The van der Waals surface area contributed by atoms with Gasteiger partial charge in [0.25, 0.3) is 0 Å². The summed E-state index contributed by atoms with van der Waals surface area (Å²) in [6, 6.07) is 9.68. The second-order valence-corrected chi connectivity index (χ2v) is 5.65. The van der Waals surface area contributed by atoms with Crippen molar-refractivity contribution in [1.29, 1.82) is 0 Å². The van der Waals surface area contributed by atoms with Gasteiger partial charge in [-0.25, -0.2) is 0 Å². The number of hydrogen-bond acceptors (Lipinski definition) is 2. The molecule has 3 aliphatic rings. The van der Waals surface area contributed by atoms with Crippen molar-refractivity contribution >= 4 is 0 Å². The van der Waals surface area contributed by atoms with Crippen LogP contribution in [0.2, 0.25) is 0 Å². The molecular weight excluding hydrogens is 208 g/mol. The van der Waals surface area contributed by atoms with E-state index in [0.717, 1.165) is 12.3 Å². The van der Waals surface area contributed by atoms with Crippen LogP contribution in [0.25, 0.3) is 0 Å². The first-order chi connectivity index (χ1) is 8.25. The summed E-state index contributed by atoms with van der Waals surface area (Å²) in [7, 11) is 0. The van der Waals surface area contributed by atoms with Gasteiger partial charge >= 0.3 is 0 Å². The maximum atomic E-state index is 6.42. The summed E-state index contributed by atoms with van der Waals surface area (Å²) in [4.78, 5) is 2.61. The Bertz CT molecular complexity index is 392. The lowest BCUT2D eigenvalue weighted by molar-refractivity contribution is 0.0287. The van der Waals surface area contributed by atoms with E-state index in [1.807, 2.05) is 0 Å². The molecule has 3 fully saturated rings. The van der Waals surface area contributed by atoms with Crippen LogP contribution in [0.3, 0.4) is 0 Å². The van der Waals surface area contributed by atoms with E-state index in [-0.39, 0.29) is 0 Å². The van der Waals surface area contributed by atoms with Crippen molar-refractivity contribution < 1.29 is 0 Å². The van der Waals surface area contributed by atoms with Crippen molar-refractivity contribution in [3.05, 3.63) is 35.4 Å². The summed E-state index contributed by atoms with van der Waals surface area (Å²) in [6.45, 7) is 4.72. The predicted molar refractivity (Wildman–Crippen MR) is 70.9 cm³/mol. The number of benzene rings is 1. The van der Waals surface area contributed by atoms with Crippen LogP contribution in [0, 0.1) is 12.8 Å². The SMILES string of the molecule is Cc1ccccc1C[C@@H]1[C@@H](N)C2CCN1CC2. The maximum absolute atomic E-state index is 6.42. The molecule has 1 aromatic carbocycles. The van der Waals surface area contributed by atoms with E-state index in [4.69, 9.17) is 5.73 Å². The Morgan fingerprint density at radius 2 is 1.94 bits per heavy atom. The molecule has 0 aliphatic carbocycles. The third-order valence-electron chi connectivity index (χ3n) is 4.72. The second-order valence-electron chi connectivity index (χ2n) is 5.65. The first kappa shape index (κ1) is 11.2. The molecule has 2 N–H and O–H groups in total. The van der Waals surface area contributed by atoms with Crippen LogP contribution in [0.15, 0.2) is 24.3 Å².